The first-order valence-electron chi connectivity index (χ1n) is 2.69. The molecule has 0 atom stereocenters. The molecule has 0 unspecified atom stereocenters. The fourth-order valence-electron chi connectivity index (χ4n) is 0.606. The summed E-state index contributed by atoms with van der Waals surface area (Å²) in [6.45, 7) is 1.68. The number of ketones is 1. The first-order valence-corrected chi connectivity index (χ1v) is 2.69. The maximum absolute atomic E-state index is 10.7. The molecule has 0 aliphatic carbocycles. The standard InChI is InChI=1S/C6H7NO2/c1-4-3-7-6(9)2-5(4)8/h3H,2H2,1H3,(H,7,9)/i6-1. The average Bonchev–Trinajstić information content (AvgIpc) is 1.80. The van der Waals surface area contributed by atoms with Gasteiger partial charge in [0.15, 0.2) is 5.78 Å². The molecule has 0 radical (unpaired) electrons. The van der Waals surface area contributed by atoms with E-state index >= 15 is 0 Å². The minimum absolute atomic E-state index is 0.00231. The van der Waals surface area contributed by atoms with E-state index in [2.05, 4.69) is 5.32 Å². The molecule has 0 fully saturated rings. The van der Waals surface area contributed by atoms with E-state index < -0.39 is 0 Å². The zero-order valence-corrected chi connectivity index (χ0v) is 5.10. The van der Waals surface area contributed by atoms with Crippen LogP contribution in [0, 0.1) is 0 Å². The Labute approximate surface area is 52.7 Å². The highest BCUT2D eigenvalue weighted by atomic mass is 16.1. The van der Waals surface area contributed by atoms with Crippen LogP contribution in [0.3, 0.4) is 0 Å². The van der Waals surface area contributed by atoms with E-state index in [0.29, 0.717) is 5.57 Å². The highest BCUT2D eigenvalue weighted by molar-refractivity contribution is 6.09. The number of carbonyl (C=O) groups excluding carboxylic acids is 2. The van der Waals surface area contributed by atoms with Crippen molar-refractivity contribution in [1.82, 2.24) is 5.32 Å². The summed E-state index contributed by atoms with van der Waals surface area (Å²) in [5.41, 5.74) is 0.620. The summed E-state index contributed by atoms with van der Waals surface area (Å²) >= 11 is 0. The van der Waals surface area contributed by atoms with Crippen LogP contribution in [0.2, 0.25) is 0 Å². The van der Waals surface area contributed by atoms with Crippen LogP contribution in [0.15, 0.2) is 11.8 Å². The molecule has 0 aromatic carbocycles. The number of carbonyl (C=O) groups is 2. The first-order chi connectivity index (χ1) is 4.20. The third-order valence-corrected chi connectivity index (χ3v) is 1.21. The van der Waals surface area contributed by atoms with Crippen LogP contribution in [-0.4, -0.2) is 11.7 Å². The average molecular weight is 124 g/mol. The number of rotatable bonds is 0. The largest absolute Gasteiger partial charge is 0.332 e. The molecule has 3 nitrogen and oxygen atoms in total. The van der Waals surface area contributed by atoms with Crippen LogP contribution >= 0.6 is 0 Å². The Morgan fingerprint density at radius 3 is 2.67 bits per heavy atom. The van der Waals surface area contributed by atoms with E-state index in [1.165, 1.54) is 6.20 Å². The molecule has 9 heavy (non-hydrogen) atoms. The smallest absolute Gasteiger partial charge is 0.231 e. The van der Waals surface area contributed by atoms with Gasteiger partial charge in [-0.25, -0.2) is 0 Å². The van der Waals surface area contributed by atoms with Crippen molar-refractivity contribution in [2.45, 2.75) is 13.3 Å². The molecule has 0 aromatic rings. The Bertz CT molecular complexity index is 193. The van der Waals surface area contributed by atoms with Crippen LogP contribution in [0.1, 0.15) is 13.3 Å². The third kappa shape index (κ3) is 1.16. The van der Waals surface area contributed by atoms with Crippen molar-refractivity contribution >= 4 is 11.7 Å². The van der Waals surface area contributed by atoms with Gasteiger partial charge in [-0.3, -0.25) is 9.59 Å². The molecule has 1 aliphatic rings. The molecule has 0 saturated carbocycles. The predicted molar refractivity (Wildman–Crippen MR) is 31.5 cm³/mol. The Kier molecular flexibility index (Phi) is 1.34. The van der Waals surface area contributed by atoms with Gasteiger partial charge >= 0.3 is 0 Å². The lowest BCUT2D eigenvalue weighted by molar-refractivity contribution is -0.126. The van der Waals surface area contributed by atoms with Crippen molar-refractivity contribution in [3.05, 3.63) is 11.8 Å². The van der Waals surface area contributed by atoms with Crippen LogP contribution < -0.4 is 5.32 Å². The SMILES string of the molecule is CC1=CN[11C](=O)CC1=O. The molecule has 1 heterocycles. The monoisotopic (exact) mass is 124 g/mol. The van der Waals surface area contributed by atoms with Gasteiger partial charge in [0, 0.05) is 11.8 Å². The second-order valence-electron chi connectivity index (χ2n) is 1.99. The van der Waals surface area contributed by atoms with Gasteiger partial charge in [-0.05, 0) is 6.92 Å². The Morgan fingerprint density at radius 1 is 1.56 bits per heavy atom. The zero-order valence-electron chi connectivity index (χ0n) is 5.10. The molecule has 1 amide bonds. The van der Waals surface area contributed by atoms with Crippen molar-refractivity contribution in [2.75, 3.05) is 0 Å². The molecule has 48 valence electrons. The maximum atomic E-state index is 10.7. The maximum Gasteiger partial charge on any atom is 0.231 e. The number of allylic oxidation sites excluding steroid dienone is 1. The van der Waals surface area contributed by atoms with Gasteiger partial charge in [0.2, 0.25) is 5.91 Å². The highest BCUT2D eigenvalue weighted by Crippen LogP contribution is 2.01. The minimum Gasteiger partial charge on any atom is -0.332 e. The van der Waals surface area contributed by atoms with Crippen LogP contribution in [0.25, 0.3) is 0 Å². The summed E-state index contributed by atoms with van der Waals surface area (Å²) in [6, 6.07) is 0. The van der Waals surface area contributed by atoms with Crippen molar-refractivity contribution < 1.29 is 9.59 Å². The fraction of sp³-hybridized carbons (Fsp3) is 0.333. The minimum atomic E-state index is -0.217. The zero-order chi connectivity index (χ0) is 6.85. The van der Waals surface area contributed by atoms with Crippen molar-refractivity contribution in [3.63, 3.8) is 0 Å². The van der Waals surface area contributed by atoms with Crippen LogP contribution in [0.4, 0.5) is 0 Å². The van der Waals surface area contributed by atoms with Crippen molar-refractivity contribution in [1.29, 1.82) is 0 Å². The van der Waals surface area contributed by atoms with Crippen LogP contribution in [0.5, 0.6) is 0 Å². The van der Waals surface area contributed by atoms with Gasteiger partial charge in [0.25, 0.3) is 0 Å². The second kappa shape index (κ2) is 2.01. The Hall–Kier alpha value is -1.12. The number of nitrogens with one attached hydrogen (secondary N) is 1. The van der Waals surface area contributed by atoms with Gasteiger partial charge in [0.05, 0.1) is 6.42 Å². The Balaban J connectivity index is 2.79. The number of amides is 1. The lowest BCUT2D eigenvalue weighted by atomic mass is 9.87. The summed E-state index contributed by atoms with van der Waals surface area (Å²) in [6.07, 6.45) is 1.44. The Morgan fingerprint density at radius 2 is 2.22 bits per heavy atom. The molecule has 1 N–H and O–H groups in total. The van der Waals surface area contributed by atoms with E-state index in [1.807, 2.05) is 0 Å². The summed E-state index contributed by atoms with van der Waals surface area (Å²) in [7, 11) is 0. The van der Waals surface area contributed by atoms with E-state index in [1.54, 1.807) is 6.92 Å². The molecule has 0 bridgehead atoms. The summed E-state index contributed by atoms with van der Waals surface area (Å²) in [5.74, 6) is -0.302. The van der Waals surface area contributed by atoms with Gasteiger partial charge in [-0.15, -0.1) is 0 Å². The summed E-state index contributed by atoms with van der Waals surface area (Å²) < 4.78 is 0. The molecule has 3 heteroatoms. The van der Waals surface area contributed by atoms with Gasteiger partial charge < -0.3 is 5.32 Å². The van der Waals surface area contributed by atoms with Crippen molar-refractivity contribution in [2.24, 2.45) is 0 Å². The molecule has 1 aliphatic heterocycles. The third-order valence-electron chi connectivity index (χ3n) is 1.21. The van der Waals surface area contributed by atoms with Crippen LogP contribution in [-0.2, 0) is 9.59 Å². The molecule has 1 rings (SSSR count). The lowest BCUT2D eigenvalue weighted by Gasteiger charge is -2.06. The fourth-order valence-corrected chi connectivity index (χ4v) is 0.606. The normalized spacial score (nSPS) is 19.0. The topological polar surface area (TPSA) is 46.2 Å². The second-order valence-corrected chi connectivity index (χ2v) is 1.99. The van der Waals surface area contributed by atoms with Gasteiger partial charge in [-0.1, -0.05) is 0 Å². The molecular formula is C6H7NO2. The van der Waals surface area contributed by atoms with Gasteiger partial charge in [0.1, 0.15) is 0 Å². The van der Waals surface area contributed by atoms with E-state index in [-0.39, 0.29) is 18.1 Å². The van der Waals surface area contributed by atoms with Gasteiger partial charge in [-0.2, -0.15) is 0 Å². The molecule has 0 spiro atoms. The quantitative estimate of drug-likeness (QED) is 0.461. The summed E-state index contributed by atoms with van der Waals surface area (Å²) in [5, 5.41) is 2.44. The lowest BCUT2D eigenvalue weighted by Crippen LogP contribution is -2.26. The number of hydrogen-bond donors (Lipinski definition) is 1. The van der Waals surface area contributed by atoms with E-state index in [0.717, 1.165) is 0 Å². The predicted octanol–water partition coefficient (Wildman–Crippen LogP) is -0.0208. The summed E-state index contributed by atoms with van der Waals surface area (Å²) in [4.78, 5) is 21.1. The highest BCUT2D eigenvalue weighted by Gasteiger charge is 2.14. The van der Waals surface area contributed by atoms with E-state index in [9.17, 15) is 9.59 Å². The molecule has 0 aromatic heterocycles. The molecular weight excluding hydrogens is 117 g/mol. The van der Waals surface area contributed by atoms with Crippen molar-refractivity contribution in [3.8, 4) is 0 Å². The number of Topliss-reactive ketones (excluding diaryl/α,β-unsaturated/α-hetero) is 1. The van der Waals surface area contributed by atoms with E-state index in [4.69, 9.17) is 0 Å². The first kappa shape index (κ1) is 6.01. The number of hydrogen-bond acceptors (Lipinski definition) is 2. The molecule has 0 saturated heterocycles.